The molecule has 2 unspecified atom stereocenters. The maximum atomic E-state index is 13.5. The molecule has 0 saturated carbocycles. The van der Waals surface area contributed by atoms with Crippen LogP contribution in [0, 0.1) is 5.92 Å². The van der Waals surface area contributed by atoms with Gasteiger partial charge in [-0.15, -0.1) is 0 Å². The Morgan fingerprint density at radius 3 is 2.06 bits per heavy atom. The van der Waals surface area contributed by atoms with Crippen LogP contribution in [0.4, 0.5) is 0 Å². The van der Waals surface area contributed by atoms with Crippen molar-refractivity contribution in [2.75, 3.05) is 7.11 Å². The Hall–Kier alpha value is -3.09. The average Bonchev–Trinajstić information content (AvgIpc) is 2.69. The first-order valence-electron chi connectivity index (χ1n) is 10.7. The lowest BCUT2D eigenvalue weighted by Gasteiger charge is -2.32. The number of esters is 2. The van der Waals surface area contributed by atoms with Crippen LogP contribution in [-0.2, 0) is 23.9 Å². The van der Waals surface area contributed by atoms with Crippen LogP contribution in [0.3, 0.4) is 0 Å². The lowest BCUT2D eigenvalue weighted by atomic mass is 9.80. The Bertz CT molecular complexity index is 939. The summed E-state index contributed by atoms with van der Waals surface area (Å²) in [5.41, 5.74) is 2.03. The number of hydrogen-bond acceptors (Lipinski definition) is 6. The second-order valence-electron chi connectivity index (χ2n) is 9.27. The Morgan fingerprint density at radius 1 is 1.00 bits per heavy atom. The number of rotatable bonds is 6. The monoisotopic (exact) mass is 442 g/mol. The summed E-state index contributed by atoms with van der Waals surface area (Å²) in [6, 6.07) is 8.45. The lowest BCUT2D eigenvalue weighted by molar-refractivity contribution is -0.159. The van der Waals surface area contributed by atoms with Gasteiger partial charge in [-0.25, -0.2) is 9.59 Å². The SMILES string of the molecule is COC(=O)C1=C(C)NC(C)=C(C(=O)NC(C(=O)OC(C)(C)C)C(C)C)C1c1ccccc1. The van der Waals surface area contributed by atoms with E-state index in [2.05, 4.69) is 10.6 Å². The molecule has 1 heterocycles. The van der Waals surface area contributed by atoms with Crippen LogP contribution in [0.2, 0.25) is 0 Å². The topological polar surface area (TPSA) is 93.7 Å². The highest BCUT2D eigenvalue weighted by Crippen LogP contribution is 2.38. The zero-order chi connectivity index (χ0) is 24.2. The number of dihydropyridines is 1. The summed E-state index contributed by atoms with van der Waals surface area (Å²) >= 11 is 0. The minimum absolute atomic E-state index is 0.196. The van der Waals surface area contributed by atoms with Gasteiger partial charge in [0.05, 0.1) is 18.6 Å². The minimum Gasteiger partial charge on any atom is -0.466 e. The predicted molar refractivity (Wildman–Crippen MR) is 122 cm³/mol. The molecule has 7 heteroatoms. The number of hydrogen-bond donors (Lipinski definition) is 2. The number of amides is 1. The summed E-state index contributed by atoms with van der Waals surface area (Å²) < 4.78 is 10.5. The van der Waals surface area contributed by atoms with Gasteiger partial charge in [0.1, 0.15) is 11.6 Å². The fourth-order valence-corrected chi connectivity index (χ4v) is 3.74. The van der Waals surface area contributed by atoms with Crippen molar-refractivity contribution in [1.29, 1.82) is 0 Å². The van der Waals surface area contributed by atoms with Gasteiger partial charge in [0.15, 0.2) is 0 Å². The van der Waals surface area contributed by atoms with E-state index in [4.69, 9.17) is 9.47 Å². The van der Waals surface area contributed by atoms with Crippen molar-refractivity contribution in [3.05, 3.63) is 58.4 Å². The predicted octanol–water partition coefficient (Wildman–Crippen LogP) is 3.58. The highest BCUT2D eigenvalue weighted by molar-refractivity contribution is 6.03. The molecule has 1 aromatic carbocycles. The van der Waals surface area contributed by atoms with Crippen molar-refractivity contribution in [1.82, 2.24) is 10.6 Å². The first-order valence-corrected chi connectivity index (χ1v) is 10.7. The molecule has 0 radical (unpaired) electrons. The summed E-state index contributed by atoms with van der Waals surface area (Å²) in [6.07, 6.45) is 0. The maximum Gasteiger partial charge on any atom is 0.336 e. The fraction of sp³-hybridized carbons (Fsp3) is 0.480. The molecule has 0 aromatic heterocycles. The molecule has 0 bridgehead atoms. The number of allylic oxidation sites excluding steroid dienone is 2. The minimum atomic E-state index is -0.841. The molecule has 0 fully saturated rings. The molecule has 0 aliphatic carbocycles. The smallest absolute Gasteiger partial charge is 0.336 e. The number of carbonyl (C=O) groups is 3. The van der Waals surface area contributed by atoms with Crippen molar-refractivity contribution in [3.63, 3.8) is 0 Å². The number of ether oxygens (including phenoxy) is 2. The molecule has 2 N–H and O–H groups in total. The number of methoxy groups -OCH3 is 1. The third-order valence-corrected chi connectivity index (χ3v) is 5.16. The van der Waals surface area contributed by atoms with E-state index in [0.717, 1.165) is 5.56 Å². The van der Waals surface area contributed by atoms with Gasteiger partial charge < -0.3 is 20.1 Å². The normalized spacial score (nSPS) is 17.6. The van der Waals surface area contributed by atoms with Gasteiger partial charge in [-0.2, -0.15) is 0 Å². The van der Waals surface area contributed by atoms with E-state index >= 15 is 0 Å². The molecule has 174 valence electrons. The second-order valence-corrected chi connectivity index (χ2v) is 9.27. The van der Waals surface area contributed by atoms with E-state index in [1.807, 2.05) is 44.2 Å². The van der Waals surface area contributed by atoms with E-state index in [1.54, 1.807) is 34.6 Å². The summed E-state index contributed by atoms with van der Waals surface area (Å²) in [5.74, 6) is -2.30. The van der Waals surface area contributed by atoms with E-state index < -0.39 is 35.4 Å². The molecule has 32 heavy (non-hydrogen) atoms. The summed E-state index contributed by atoms with van der Waals surface area (Å²) in [6.45, 7) is 12.6. The fourth-order valence-electron chi connectivity index (χ4n) is 3.74. The van der Waals surface area contributed by atoms with E-state index in [-0.39, 0.29) is 5.92 Å². The summed E-state index contributed by atoms with van der Waals surface area (Å²) in [5, 5.41) is 5.97. The number of benzene rings is 1. The van der Waals surface area contributed by atoms with Crippen LogP contribution in [-0.4, -0.2) is 36.6 Å². The Kier molecular flexibility index (Phi) is 7.88. The zero-order valence-electron chi connectivity index (χ0n) is 20.2. The molecular weight excluding hydrogens is 408 g/mol. The van der Waals surface area contributed by atoms with Crippen LogP contribution in [0.25, 0.3) is 0 Å². The van der Waals surface area contributed by atoms with Gasteiger partial charge >= 0.3 is 11.9 Å². The summed E-state index contributed by atoms with van der Waals surface area (Å²) in [4.78, 5) is 39.0. The molecule has 1 aliphatic rings. The molecule has 1 amide bonds. The van der Waals surface area contributed by atoms with E-state index in [9.17, 15) is 14.4 Å². The molecular formula is C25H34N2O5. The molecule has 1 aliphatic heterocycles. The highest BCUT2D eigenvalue weighted by atomic mass is 16.6. The van der Waals surface area contributed by atoms with Gasteiger partial charge in [0.25, 0.3) is 5.91 Å². The van der Waals surface area contributed by atoms with Gasteiger partial charge in [0, 0.05) is 17.0 Å². The number of nitrogens with one attached hydrogen (secondary N) is 2. The molecule has 0 saturated heterocycles. The third-order valence-electron chi connectivity index (χ3n) is 5.16. The van der Waals surface area contributed by atoms with Gasteiger partial charge in [-0.05, 0) is 46.1 Å². The molecule has 2 rings (SSSR count). The van der Waals surface area contributed by atoms with E-state index in [0.29, 0.717) is 22.5 Å². The van der Waals surface area contributed by atoms with Crippen molar-refractivity contribution in [2.24, 2.45) is 5.92 Å². The van der Waals surface area contributed by atoms with Crippen molar-refractivity contribution >= 4 is 17.8 Å². The highest BCUT2D eigenvalue weighted by Gasteiger charge is 2.39. The number of carbonyl (C=O) groups excluding carboxylic acids is 3. The van der Waals surface area contributed by atoms with Crippen molar-refractivity contribution in [3.8, 4) is 0 Å². The van der Waals surface area contributed by atoms with E-state index in [1.165, 1.54) is 7.11 Å². The standard InChI is InChI=1S/C25H34N2O5/c1-14(2)21(24(30)32-25(5,6)7)27-22(28)18-15(3)26-16(4)19(23(29)31-8)20(18)17-12-10-9-11-13-17/h9-14,20-21,26H,1-8H3,(H,27,28). The molecule has 1 aromatic rings. The van der Waals surface area contributed by atoms with Crippen LogP contribution in [0.5, 0.6) is 0 Å². The van der Waals surface area contributed by atoms with Crippen LogP contribution < -0.4 is 10.6 Å². The van der Waals surface area contributed by atoms with Crippen molar-refractivity contribution < 1.29 is 23.9 Å². The van der Waals surface area contributed by atoms with Crippen LogP contribution in [0.15, 0.2) is 52.9 Å². The Balaban J connectivity index is 2.50. The van der Waals surface area contributed by atoms with Gasteiger partial charge in [-0.1, -0.05) is 44.2 Å². The first kappa shape index (κ1) is 25.2. The lowest BCUT2D eigenvalue weighted by Crippen LogP contribution is -2.49. The van der Waals surface area contributed by atoms with Crippen LogP contribution in [0.1, 0.15) is 59.9 Å². The first-order chi connectivity index (χ1) is 14.9. The van der Waals surface area contributed by atoms with Gasteiger partial charge in [-0.3, -0.25) is 4.79 Å². The largest absolute Gasteiger partial charge is 0.466 e. The van der Waals surface area contributed by atoms with Gasteiger partial charge in [0.2, 0.25) is 0 Å². The third kappa shape index (κ3) is 5.78. The Morgan fingerprint density at radius 2 is 1.56 bits per heavy atom. The molecule has 0 spiro atoms. The molecule has 2 atom stereocenters. The average molecular weight is 443 g/mol. The molecule has 7 nitrogen and oxygen atoms in total. The summed E-state index contributed by atoms with van der Waals surface area (Å²) in [7, 11) is 1.31. The second kappa shape index (κ2) is 10.0. The Labute approximate surface area is 190 Å². The van der Waals surface area contributed by atoms with Crippen molar-refractivity contribution in [2.45, 2.75) is 66.0 Å². The zero-order valence-corrected chi connectivity index (χ0v) is 20.2. The maximum absolute atomic E-state index is 13.5. The van der Waals surface area contributed by atoms with Crippen LogP contribution >= 0.6 is 0 Å². The quantitative estimate of drug-likeness (QED) is 0.654.